The van der Waals surface area contributed by atoms with Crippen molar-refractivity contribution in [3.8, 4) is 11.5 Å². The molecule has 0 bridgehead atoms. The van der Waals surface area contributed by atoms with Gasteiger partial charge in [0.15, 0.2) is 17.6 Å². The first-order valence-corrected chi connectivity index (χ1v) is 8.64. The van der Waals surface area contributed by atoms with Crippen LogP contribution in [-0.4, -0.2) is 50.3 Å². The number of nitrogens with zero attached hydrogens (tertiary/aromatic N) is 1. The lowest BCUT2D eigenvalue weighted by Gasteiger charge is -2.36. The fraction of sp³-hybridized carbons (Fsp3) is 0.350. The molecule has 0 radical (unpaired) electrons. The molecule has 2 N–H and O–H groups in total. The number of morpholine rings is 1. The number of ether oxygens (including phenoxy) is 3. The number of amides is 1. The summed E-state index contributed by atoms with van der Waals surface area (Å²) < 4.78 is 17.7. The van der Waals surface area contributed by atoms with E-state index in [4.69, 9.17) is 19.9 Å². The molecule has 138 valence electrons. The van der Waals surface area contributed by atoms with Crippen LogP contribution in [0.25, 0.3) is 0 Å². The minimum absolute atomic E-state index is 0.218. The summed E-state index contributed by atoms with van der Waals surface area (Å²) in [6, 6.07) is 17.5. The van der Waals surface area contributed by atoms with Gasteiger partial charge in [0.05, 0.1) is 20.3 Å². The predicted octanol–water partition coefficient (Wildman–Crippen LogP) is 2.00. The van der Waals surface area contributed by atoms with E-state index in [2.05, 4.69) is 0 Å². The van der Waals surface area contributed by atoms with Gasteiger partial charge < -0.3 is 19.9 Å². The van der Waals surface area contributed by atoms with Crippen molar-refractivity contribution in [2.75, 3.05) is 33.4 Å². The second-order valence-corrected chi connectivity index (χ2v) is 6.21. The van der Waals surface area contributed by atoms with E-state index in [0.717, 1.165) is 5.56 Å². The zero-order valence-corrected chi connectivity index (χ0v) is 14.8. The number of carbonyl (C=O) groups is 1. The first-order chi connectivity index (χ1) is 12.7. The molecule has 6 heteroatoms. The predicted molar refractivity (Wildman–Crippen MR) is 98.2 cm³/mol. The van der Waals surface area contributed by atoms with Gasteiger partial charge in [-0.05, 0) is 17.7 Å². The van der Waals surface area contributed by atoms with Crippen molar-refractivity contribution in [2.24, 2.45) is 5.73 Å². The summed E-state index contributed by atoms with van der Waals surface area (Å²) in [6.45, 7) is 1.99. The van der Waals surface area contributed by atoms with Crippen molar-refractivity contribution in [3.05, 3.63) is 60.2 Å². The third kappa shape index (κ3) is 4.53. The fourth-order valence-corrected chi connectivity index (χ4v) is 3.13. The van der Waals surface area contributed by atoms with Crippen molar-refractivity contribution >= 4 is 5.91 Å². The fourth-order valence-electron chi connectivity index (χ4n) is 3.13. The Morgan fingerprint density at radius 1 is 1.19 bits per heavy atom. The number of nitrogens with two attached hydrogens (primary N) is 1. The van der Waals surface area contributed by atoms with Crippen LogP contribution in [0, 0.1) is 0 Å². The average molecular weight is 356 g/mol. The van der Waals surface area contributed by atoms with Gasteiger partial charge in [-0.1, -0.05) is 42.5 Å². The molecule has 2 aromatic carbocycles. The van der Waals surface area contributed by atoms with E-state index < -0.39 is 0 Å². The quantitative estimate of drug-likeness (QED) is 0.821. The highest BCUT2D eigenvalue weighted by Crippen LogP contribution is 2.33. The Kier molecular flexibility index (Phi) is 6.09. The topological polar surface area (TPSA) is 74.0 Å². The largest absolute Gasteiger partial charge is 0.493 e. The summed E-state index contributed by atoms with van der Waals surface area (Å²) >= 11 is 0. The molecular weight excluding hydrogens is 332 g/mol. The minimum Gasteiger partial charge on any atom is -0.493 e. The van der Waals surface area contributed by atoms with E-state index >= 15 is 0 Å². The Bertz CT molecular complexity index is 723. The Hall–Kier alpha value is -2.57. The van der Waals surface area contributed by atoms with Crippen LogP contribution in [-0.2, 0) is 9.53 Å². The van der Waals surface area contributed by atoms with Crippen molar-refractivity contribution in [2.45, 2.75) is 12.2 Å². The SMILES string of the molecule is COc1ccccc1OC(c1ccccc1)C1CN(CC(N)=O)CCO1. The van der Waals surface area contributed by atoms with Gasteiger partial charge in [0.2, 0.25) is 5.91 Å². The maximum absolute atomic E-state index is 11.3. The number of methoxy groups -OCH3 is 1. The highest BCUT2D eigenvalue weighted by Gasteiger charge is 2.32. The molecule has 1 saturated heterocycles. The van der Waals surface area contributed by atoms with Crippen LogP contribution >= 0.6 is 0 Å². The number of para-hydroxylation sites is 2. The van der Waals surface area contributed by atoms with Gasteiger partial charge in [-0.3, -0.25) is 9.69 Å². The van der Waals surface area contributed by atoms with Crippen molar-refractivity contribution < 1.29 is 19.0 Å². The van der Waals surface area contributed by atoms with Gasteiger partial charge in [0, 0.05) is 13.1 Å². The molecule has 1 amide bonds. The molecule has 2 atom stereocenters. The molecule has 1 aliphatic heterocycles. The van der Waals surface area contributed by atoms with E-state index in [9.17, 15) is 4.79 Å². The van der Waals surface area contributed by atoms with E-state index in [1.807, 2.05) is 59.5 Å². The van der Waals surface area contributed by atoms with Crippen molar-refractivity contribution in [3.63, 3.8) is 0 Å². The Morgan fingerprint density at radius 2 is 1.88 bits per heavy atom. The van der Waals surface area contributed by atoms with Gasteiger partial charge in [-0.2, -0.15) is 0 Å². The third-order valence-corrected chi connectivity index (χ3v) is 4.35. The van der Waals surface area contributed by atoms with Gasteiger partial charge in [-0.25, -0.2) is 0 Å². The molecule has 26 heavy (non-hydrogen) atoms. The molecule has 0 spiro atoms. The Labute approximate surface area is 153 Å². The van der Waals surface area contributed by atoms with Gasteiger partial charge in [0.1, 0.15) is 6.10 Å². The van der Waals surface area contributed by atoms with E-state index in [1.54, 1.807) is 7.11 Å². The molecule has 2 aromatic rings. The van der Waals surface area contributed by atoms with E-state index in [1.165, 1.54) is 0 Å². The van der Waals surface area contributed by atoms with Crippen molar-refractivity contribution in [1.82, 2.24) is 4.90 Å². The number of rotatable bonds is 7. The third-order valence-electron chi connectivity index (χ3n) is 4.35. The molecule has 0 aliphatic carbocycles. The normalized spacial score (nSPS) is 18.9. The molecule has 6 nitrogen and oxygen atoms in total. The van der Waals surface area contributed by atoms with Gasteiger partial charge >= 0.3 is 0 Å². The van der Waals surface area contributed by atoms with Gasteiger partial charge in [0.25, 0.3) is 0 Å². The Balaban J connectivity index is 1.85. The maximum atomic E-state index is 11.3. The molecule has 2 unspecified atom stereocenters. The van der Waals surface area contributed by atoms with Gasteiger partial charge in [-0.15, -0.1) is 0 Å². The molecule has 1 heterocycles. The van der Waals surface area contributed by atoms with Crippen LogP contribution < -0.4 is 15.2 Å². The smallest absolute Gasteiger partial charge is 0.231 e. The number of benzene rings is 2. The first kappa shape index (κ1) is 18.2. The van der Waals surface area contributed by atoms with Crippen LogP contribution in [0.4, 0.5) is 0 Å². The van der Waals surface area contributed by atoms with Crippen LogP contribution in [0.1, 0.15) is 11.7 Å². The molecule has 1 aliphatic rings. The molecule has 0 saturated carbocycles. The molecular formula is C20H24N2O4. The highest BCUT2D eigenvalue weighted by molar-refractivity contribution is 5.75. The lowest BCUT2D eigenvalue weighted by Crippen LogP contribution is -2.48. The number of hydrogen-bond acceptors (Lipinski definition) is 5. The van der Waals surface area contributed by atoms with Crippen LogP contribution in [0.5, 0.6) is 11.5 Å². The highest BCUT2D eigenvalue weighted by atomic mass is 16.6. The molecule has 1 fully saturated rings. The average Bonchev–Trinajstić information content (AvgIpc) is 2.67. The van der Waals surface area contributed by atoms with Crippen LogP contribution in [0.3, 0.4) is 0 Å². The summed E-state index contributed by atoms with van der Waals surface area (Å²) in [7, 11) is 1.62. The Morgan fingerprint density at radius 3 is 2.58 bits per heavy atom. The second-order valence-electron chi connectivity index (χ2n) is 6.21. The van der Waals surface area contributed by atoms with E-state index in [-0.39, 0.29) is 24.7 Å². The monoisotopic (exact) mass is 356 g/mol. The maximum Gasteiger partial charge on any atom is 0.231 e. The number of hydrogen-bond donors (Lipinski definition) is 1. The summed E-state index contributed by atoms with van der Waals surface area (Å²) in [5, 5.41) is 0. The number of carbonyl (C=O) groups excluding carboxylic acids is 1. The lowest BCUT2D eigenvalue weighted by atomic mass is 10.0. The summed E-state index contributed by atoms with van der Waals surface area (Å²) in [5.74, 6) is 0.977. The zero-order chi connectivity index (χ0) is 18.4. The summed E-state index contributed by atoms with van der Waals surface area (Å²) in [5.41, 5.74) is 6.35. The minimum atomic E-state index is -0.340. The second kappa shape index (κ2) is 8.69. The number of primary amides is 1. The molecule has 3 rings (SSSR count). The summed E-state index contributed by atoms with van der Waals surface area (Å²) in [4.78, 5) is 13.3. The van der Waals surface area contributed by atoms with E-state index in [0.29, 0.717) is 31.2 Å². The molecule has 0 aromatic heterocycles. The zero-order valence-electron chi connectivity index (χ0n) is 14.8. The van der Waals surface area contributed by atoms with Crippen LogP contribution in [0.15, 0.2) is 54.6 Å². The lowest BCUT2D eigenvalue weighted by molar-refractivity contribution is -0.123. The standard InChI is InChI=1S/C20H24N2O4/c1-24-16-9-5-6-10-17(16)26-20(15-7-3-2-4-8-15)18-13-22(11-12-25-18)14-19(21)23/h2-10,18,20H,11-14H2,1H3,(H2,21,23). The summed E-state index contributed by atoms with van der Waals surface area (Å²) in [6.07, 6.45) is -0.557. The first-order valence-electron chi connectivity index (χ1n) is 8.64. The van der Waals surface area contributed by atoms with Crippen molar-refractivity contribution in [1.29, 1.82) is 0 Å². The van der Waals surface area contributed by atoms with Crippen LogP contribution in [0.2, 0.25) is 0 Å².